The van der Waals surface area contributed by atoms with Gasteiger partial charge < -0.3 is 15.2 Å². The molecule has 2 heterocycles. The van der Waals surface area contributed by atoms with Crippen LogP contribution in [-0.2, 0) is 30.5 Å². The molecular weight excluding hydrogens is 466 g/mol. The van der Waals surface area contributed by atoms with Gasteiger partial charge in [-0.1, -0.05) is 0 Å². The Bertz CT molecular complexity index is 1040. The summed E-state index contributed by atoms with van der Waals surface area (Å²) >= 11 is 0. The zero-order chi connectivity index (χ0) is 23.1. The molecule has 0 spiro atoms. The van der Waals surface area contributed by atoms with Crippen LogP contribution < -0.4 is 5.73 Å². The lowest BCUT2D eigenvalue weighted by Crippen LogP contribution is -2.42. The maximum Gasteiger partial charge on any atom is 0.449 e. The highest BCUT2D eigenvalue weighted by molar-refractivity contribution is 5.93. The number of fused-ring (bicyclic) bond motifs is 1. The van der Waals surface area contributed by atoms with Crippen LogP contribution in [0.15, 0.2) is 12.1 Å². The number of imidazole rings is 1. The minimum absolute atomic E-state index is 0. The molecule has 1 aliphatic rings. The summed E-state index contributed by atoms with van der Waals surface area (Å²) in [5.74, 6) is -6.02. The van der Waals surface area contributed by atoms with E-state index in [4.69, 9.17) is 5.73 Å². The number of ketones is 1. The van der Waals surface area contributed by atoms with E-state index in [0.29, 0.717) is 12.1 Å². The van der Waals surface area contributed by atoms with Crippen molar-refractivity contribution in [3.8, 4) is 0 Å². The summed E-state index contributed by atoms with van der Waals surface area (Å²) < 4.78 is 80.6. The number of amides is 1. The second-order valence-electron chi connectivity index (χ2n) is 7.28. The predicted molar refractivity (Wildman–Crippen MR) is 103 cm³/mol. The van der Waals surface area contributed by atoms with E-state index < -0.39 is 47.2 Å². The fraction of sp³-hybridized carbons (Fsp3) is 0.421. The number of carbonyl (C=O) groups is 2. The minimum Gasteiger partial charge on any atom is -0.335 e. The summed E-state index contributed by atoms with van der Waals surface area (Å²) in [4.78, 5) is 29.0. The molecular formula is C19H19ClF6N4O2. The number of halogens is 7. The molecule has 1 amide bonds. The summed E-state index contributed by atoms with van der Waals surface area (Å²) in [6.45, 7) is 0.511. The Balaban J connectivity index is 0.00000363. The summed E-state index contributed by atoms with van der Waals surface area (Å²) in [5, 5.41) is 0. The smallest absolute Gasteiger partial charge is 0.335 e. The van der Waals surface area contributed by atoms with Crippen LogP contribution in [-0.4, -0.2) is 38.7 Å². The first-order valence-electron chi connectivity index (χ1n) is 9.22. The highest BCUT2D eigenvalue weighted by Crippen LogP contribution is 2.32. The molecule has 13 heteroatoms. The van der Waals surface area contributed by atoms with Gasteiger partial charge >= 0.3 is 6.18 Å². The van der Waals surface area contributed by atoms with Gasteiger partial charge in [-0.15, -0.1) is 12.4 Å². The van der Waals surface area contributed by atoms with E-state index in [9.17, 15) is 35.9 Å². The lowest BCUT2D eigenvalue weighted by atomic mass is 10.0. The van der Waals surface area contributed by atoms with Gasteiger partial charge in [-0.3, -0.25) is 9.59 Å². The fourth-order valence-corrected chi connectivity index (χ4v) is 3.51. The Morgan fingerprint density at radius 2 is 1.75 bits per heavy atom. The number of benzene rings is 1. The SMILES string of the molecule is CC(=O)c1nc(C(F)(F)F)n2c1CN(C(=O)C[C@H](N)Cc1cc(F)c(F)cc1F)CC2.Cl. The van der Waals surface area contributed by atoms with Crippen LogP contribution in [0.2, 0.25) is 0 Å². The van der Waals surface area contributed by atoms with Crippen molar-refractivity contribution in [2.75, 3.05) is 6.54 Å². The number of hydrogen-bond acceptors (Lipinski definition) is 4. The Morgan fingerprint density at radius 3 is 2.34 bits per heavy atom. The predicted octanol–water partition coefficient (Wildman–Crippen LogP) is 3.25. The van der Waals surface area contributed by atoms with Gasteiger partial charge in [0.2, 0.25) is 11.7 Å². The molecule has 176 valence electrons. The molecule has 0 saturated carbocycles. The molecule has 32 heavy (non-hydrogen) atoms. The number of carbonyl (C=O) groups excluding carboxylic acids is 2. The number of alkyl halides is 3. The third-order valence-corrected chi connectivity index (χ3v) is 4.95. The largest absolute Gasteiger partial charge is 0.449 e. The molecule has 0 aliphatic carbocycles. The van der Waals surface area contributed by atoms with Crippen molar-refractivity contribution in [3.63, 3.8) is 0 Å². The Hall–Kier alpha value is -2.60. The maximum atomic E-state index is 13.8. The third-order valence-electron chi connectivity index (χ3n) is 4.95. The number of nitrogens with zero attached hydrogens (tertiary/aromatic N) is 3. The van der Waals surface area contributed by atoms with Gasteiger partial charge in [-0.2, -0.15) is 13.2 Å². The van der Waals surface area contributed by atoms with E-state index in [1.807, 2.05) is 0 Å². The Morgan fingerprint density at radius 1 is 1.12 bits per heavy atom. The van der Waals surface area contributed by atoms with Crippen molar-refractivity contribution in [3.05, 3.63) is 52.4 Å². The maximum absolute atomic E-state index is 13.8. The summed E-state index contributed by atoms with van der Waals surface area (Å²) in [5.41, 5.74) is 5.26. The van der Waals surface area contributed by atoms with Crippen LogP contribution in [0.1, 0.15) is 40.9 Å². The number of rotatable bonds is 5. The first kappa shape index (κ1) is 25.7. The first-order chi connectivity index (χ1) is 14.4. The Labute approximate surface area is 184 Å². The summed E-state index contributed by atoms with van der Waals surface area (Å²) in [6, 6.07) is 0.0930. The molecule has 2 N–H and O–H groups in total. The lowest BCUT2D eigenvalue weighted by Gasteiger charge is -2.30. The van der Waals surface area contributed by atoms with Crippen molar-refractivity contribution in [1.82, 2.24) is 14.5 Å². The van der Waals surface area contributed by atoms with E-state index >= 15 is 0 Å². The van der Waals surface area contributed by atoms with Crippen LogP contribution in [0, 0.1) is 17.5 Å². The van der Waals surface area contributed by atoms with Crippen molar-refractivity contribution in [2.24, 2.45) is 5.73 Å². The van der Waals surface area contributed by atoms with Gasteiger partial charge in [-0.25, -0.2) is 18.2 Å². The van der Waals surface area contributed by atoms with Crippen molar-refractivity contribution < 1.29 is 35.9 Å². The monoisotopic (exact) mass is 484 g/mol. The normalized spacial score (nSPS) is 14.6. The van der Waals surface area contributed by atoms with Crippen molar-refractivity contribution >= 4 is 24.1 Å². The van der Waals surface area contributed by atoms with Crippen LogP contribution in [0.25, 0.3) is 0 Å². The molecule has 0 fully saturated rings. The van der Waals surface area contributed by atoms with Crippen molar-refractivity contribution in [1.29, 1.82) is 0 Å². The molecule has 1 aromatic heterocycles. The second-order valence-corrected chi connectivity index (χ2v) is 7.28. The van der Waals surface area contributed by atoms with E-state index in [1.165, 1.54) is 4.90 Å². The van der Waals surface area contributed by atoms with E-state index in [2.05, 4.69) is 4.98 Å². The quantitative estimate of drug-likeness (QED) is 0.401. The topological polar surface area (TPSA) is 81.2 Å². The molecule has 1 aliphatic heterocycles. The summed E-state index contributed by atoms with van der Waals surface area (Å²) in [7, 11) is 0. The fourth-order valence-electron chi connectivity index (χ4n) is 3.51. The van der Waals surface area contributed by atoms with Crippen LogP contribution in [0.5, 0.6) is 0 Å². The van der Waals surface area contributed by atoms with Crippen molar-refractivity contribution in [2.45, 2.75) is 45.1 Å². The summed E-state index contributed by atoms with van der Waals surface area (Å²) in [6.07, 6.45) is -5.32. The van der Waals surface area contributed by atoms with E-state index in [1.54, 1.807) is 0 Å². The molecule has 3 rings (SSSR count). The van der Waals surface area contributed by atoms with E-state index in [-0.39, 0.29) is 61.8 Å². The van der Waals surface area contributed by atoms with Gasteiger partial charge in [0.1, 0.15) is 11.5 Å². The molecule has 1 aromatic carbocycles. The highest BCUT2D eigenvalue weighted by atomic mass is 35.5. The van der Waals surface area contributed by atoms with Gasteiger partial charge in [0.25, 0.3) is 0 Å². The highest BCUT2D eigenvalue weighted by Gasteiger charge is 2.41. The van der Waals surface area contributed by atoms with E-state index in [0.717, 1.165) is 11.5 Å². The van der Waals surface area contributed by atoms with Crippen LogP contribution in [0.3, 0.4) is 0 Å². The first-order valence-corrected chi connectivity index (χ1v) is 9.22. The van der Waals surface area contributed by atoms with Crippen LogP contribution in [0.4, 0.5) is 26.3 Å². The molecule has 6 nitrogen and oxygen atoms in total. The third kappa shape index (κ3) is 5.23. The standard InChI is InChI=1S/C19H18F6N4O2.ClH/c1-9(30)17-15-8-28(2-3-29(15)18(27-17)19(23,24)25)16(31)6-11(26)4-10-5-13(21)14(22)7-12(10)20;/h5,7,11H,2-4,6,8,26H2,1H3;1H/t11-;/m1./s1. The van der Waals surface area contributed by atoms with Gasteiger partial charge in [-0.05, 0) is 18.1 Å². The number of Topliss-reactive ketones (excluding diaryl/α,β-unsaturated/α-hetero) is 1. The average molecular weight is 485 g/mol. The number of nitrogens with two attached hydrogens (primary N) is 1. The molecule has 2 aromatic rings. The second kappa shape index (κ2) is 9.49. The molecule has 0 saturated heterocycles. The van der Waals surface area contributed by atoms with Gasteiger partial charge in [0.05, 0.1) is 12.2 Å². The minimum atomic E-state index is -4.76. The average Bonchev–Trinajstić information content (AvgIpc) is 3.05. The Kier molecular flexibility index (Phi) is 7.61. The number of aromatic nitrogens is 2. The molecule has 0 radical (unpaired) electrons. The van der Waals surface area contributed by atoms with Gasteiger partial charge in [0.15, 0.2) is 17.4 Å². The van der Waals surface area contributed by atoms with Crippen LogP contribution >= 0.6 is 12.4 Å². The van der Waals surface area contributed by atoms with Gasteiger partial charge in [0, 0.05) is 38.5 Å². The lowest BCUT2D eigenvalue weighted by molar-refractivity contribution is -0.148. The number of hydrogen-bond donors (Lipinski definition) is 1. The zero-order valence-corrected chi connectivity index (χ0v) is 17.5. The molecule has 1 atom stereocenters. The zero-order valence-electron chi connectivity index (χ0n) is 16.7. The molecule has 0 unspecified atom stereocenters. The molecule has 0 bridgehead atoms.